The molecule has 4 nitrogen and oxygen atoms in total. The van der Waals surface area contributed by atoms with Crippen molar-refractivity contribution in [2.45, 2.75) is 57.4 Å². The molecule has 0 amide bonds. The first-order chi connectivity index (χ1) is 8.33. The van der Waals surface area contributed by atoms with Crippen molar-refractivity contribution in [3.63, 3.8) is 0 Å². The summed E-state index contributed by atoms with van der Waals surface area (Å²) in [5, 5.41) is 7.65. The maximum absolute atomic E-state index is 5.44. The van der Waals surface area contributed by atoms with E-state index in [1.54, 1.807) is 0 Å². The van der Waals surface area contributed by atoms with E-state index < -0.39 is 0 Å². The lowest BCUT2D eigenvalue weighted by atomic mass is 9.94. The van der Waals surface area contributed by atoms with Gasteiger partial charge in [-0.05, 0) is 38.1 Å². The third-order valence-corrected chi connectivity index (χ3v) is 4.14. The predicted octanol–water partition coefficient (Wildman–Crippen LogP) is 2.79. The predicted molar refractivity (Wildman–Crippen MR) is 64.6 cm³/mol. The molecule has 3 rings (SSSR count). The van der Waals surface area contributed by atoms with Gasteiger partial charge in [0.2, 0.25) is 5.89 Å². The first-order valence-electron chi connectivity index (χ1n) is 6.90. The quantitative estimate of drug-likeness (QED) is 0.856. The van der Waals surface area contributed by atoms with Gasteiger partial charge < -0.3 is 9.84 Å². The molecule has 1 saturated heterocycles. The number of hydrogen-bond donors (Lipinski definition) is 1. The second-order valence-electron chi connectivity index (χ2n) is 5.61. The van der Waals surface area contributed by atoms with Crippen molar-refractivity contribution < 1.29 is 4.52 Å². The molecule has 2 fully saturated rings. The lowest BCUT2D eigenvalue weighted by Crippen LogP contribution is -2.30. The van der Waals surface area contributed by atoms with E-state index in [1.165, 1.54) is 32.1 Å². The minimum atomic E-state index is 0.279. The Hall–Kier alpha value is -0.900. The van der Waals surface area contributed by atoms with E-state index in [1.807, 2.05) is 0 Å². The zero-order chi connectivity index (χ0) is 11.7. The maximum Gasteiger partial charge on any atom is 0.243 e. The number of nitrogens with zero attached hydrogens (tertiary/aromatic N) is 2. The lowest BCUT2D eigenvalue weighted by Gasteiger charge is -2.25. The third-order valence-electron chi connectivity index (χ3n) is 4.14. The van der Waals surface area contributed by atoms with Gasteiger partial charge in [-0.2, -0.15) is 4.98 Å². The number of rotatable bonds is 2. The van der Waals surface area contributed by atoms with Gasteiger partial charge in [-0.3, -0.25) is 0 Å². The summed E-state index contributed by atoms with van der Waals surface area (Å²) in [5.74, 6) is 3.05. The van der Waals surface area contributed by atoms with Crippen LogP contribution in [0.25, 0.3) is 0 Å². The Labute approximate surface area is 102 Å². The molecular weight excluding hydrogens is 214 g/mol. The number of aromatic nitrogens is 2. The van der Waals surface area contributed by atoms with Crippen LogP contribution in [0.5, 0.6) is 0 Å². The van der Waals surface area contributed by atoms with Crippen LogP contribution in [-0.2, 0) is 0 Å². The fourth-order valence-corrected chi connectivity index (χ4v) is 3.03. The number of hydrogen-bond acceptors (Lipinski definition) is 4. The highest BCUT2D eigenvalue weighted by Gasteiger charge is 2.27. The fourth-order valence-electron chi connectivity index (χ4n) is 3.03. The second kappa shape index (κ2) is 4.77. The first-order valence-corrected chi connectivity index (χ1v) is 6.90. The summed E-state index contributed by atoms with van der Waals surface area (Å²) in [5.41, 5.74) is 0. The van der Waals surface area contributed by atoms with Crippen LogP contribution in [0.2, 0.25) is 0 Å². The average molecular weight is 235 g/mol. The molecule has 1 N–H and O–H groups in total. The Balaban J connectivity index is 1.70. The monoisotopic (exact) mass is 235 g/mol. The summed E-state index contributed by atoms with van der Waals surface area (Å²) in [4.78, 5) is 4.61. The minimum absolute atomic E-state index is 0.279. The van der Waals surface area contributed by atoms with Crippen molar-refractivity contribution in [1.82, 2.24) is 15.5 Å². The van der Waals surface area contributed by atoms with E-state index >= 15 is 0 Å². The summed E-state index contributed by atoms with van der Waals surface area (Å²) in [6.45, 7) is 3.36. The van der Waals surface area contributed by atoms with Crippen LogP contribution in [0.1, 0.15) is 69.1 Å². The molecule has 0 spiro atoms. The van der Waals surface area contributed by atoms with Gasteiger partial charge >= 0.3 is 0 Å². The van der Waals surface area contributed by atoms with Crippen molar-refractivity contribution in [3.05, 3.63) is 11.7 Å². The van der Waals surface area contributed by atoms with Crippen LogP contribution in [0.3, 0.4) is 0 Å². The van der Waals surface area contributed by atoms with Crippen LogP contribution >= 0.6 is 0 Å². The largest absolute Gasteiger partial charge is 0.338 e. The van der Waals surface area contributed by atoms with Gasteiger partial charge in [0.25, 0.3) is 0 Å². The van der Waals surface area contributed by atoms with Gasteiger partial charge in [0.05, 0.1) is 6.04 Å². The molecular formula is C13H21N3O. The Morgan fingerprint density at radius 1 is 1.24 bits per heavy atom. The van der Waals surface area contributed by atoms with Crippen LogP contribution in [0.15, 0.2) is 4.52 Å². The van der Waals surface area contributed by atoms with Gasteiger partial charge in [-0.15, -0.1) is 0 Å². The molecule has 0 radical (unpaired) electrons. The highest BCUT2D eigenvalue weighted by molar-refractivity contribution is 5.01. The van der Waals surface area contributed by atoms with E-state index in [0.29, 0.717) is 5.92 Å². The number of piperidine rings is 1. The molecule has 2 heterocycles. The molecule has 94 valence electrons. The van der Waals surface area contributed by atoms with Crippen molar-refractivity contribution in [1.29, 1.82) is 0 Å². The van der Waals surface area contributed by atoms with Gasteiger partial charge in [0, 0.05) is 5.92 Å². The van der Waals surface area contributed by atoms with Crippen molar-refractivity contribution in [3.8, 4) is 0 Å². The molecule has 1 aromatic rings. The molecule has 4 heteroatoms. The van der Waals surface area contributed by atoms with E-state index in [0.717, 1.165) is 30.6 Å². The smallest absolute Gasteiger partial charge is 0.243 e. The molecule has 1 saturated carbocycles. The van der Waals surface area contributed by atoms with Crippen LogP contribution in [-0.4, -0.2) is 16.7 Å². The molecule has 1 aliphatic heterocycles. The van der Waals surface area contributed by atoms with Gasteiger partial charge in [-0.1, -0.05) is 24.9 Å². The highest BCUT2D eigenvalue weighted by Crippen LogP contribution is 2.33. The van der Waals surface area contributed by atoms with Crippen molar-refractivity contribution in [2.24, 2.45) is 5.92 Å². The normalized spacial score (nSPS) is 30.9. The molecule has 2 unspecified atom stereocenters. The molecule has 1 aromatic heterocycles. The molecule has 17 heavy (non-hydrogen) atoms. The molecule has 1 aliphatic carbocycles. The van der Waals surface area contributed by atoms with Crippen molar-refractivity contribution in [2.75, 3.05) is 6.54 Å². The van der Waals surface area contributed by atoms with Crippen LogP contribution < -0.4 is 5.32 Å². The zero-order valence-corrected chi connectivity index (χ0v) is 10.5. The molecule has 0 bridgehead atoms. The standard InChI is InChI=1S/C13H21N3O/c1-9-6-7-14-11(8-9)13-15-12(16-17-13)10-4-2-3-5-10/h9-11,14H,2-8H2,1H3. The van der Waals surface area contributed by atoms with E-state index in [2.05, 4.69) is 22.4 Å². The SMILES string of the molecule is CC1CCNC(c2nc(C3CCCC3)no2)C1. The Morgan fingerprint density at radius 3 is 2.82 bits per heavy atom. The van der Waals surface area contributed by atoms with Crippen LogP contribution in [0.4, 0.5) is 0 Å². The van der Waals surface area contributed by atoms with Crippen LogP contribution in [0, 0.1) is 5.92 Å². The highest BCUT2D eigenvalue weighted by atomic mass is 16.5. The molecule has 0 aromatic carbocycles. The van der Waals surface area contributed by atoms with Crippen molar-refractivity contribution >= 4 is 0 Å². The zero-order valence-electron chi connectivity index (χ0n) is 10.5. The van der Waals surface area contributed by atoms with E-state index in [-0.39, 0.29) is 6.04 Å². The summed E-state index contributed by atoms with van der Waals surface area (Å²) in [6.07, 6.45) is 7.45. The average Bonchev–Trinajstić information content (AvgIpc) is 3.00. The molecule has 2 atom stereocenters. The Kier molecular flexibility index (Phi) is 3.14. The maximum atomic E-state index is 5.44. The van der Waals surface area contributed by atoms with Gasteiger partial charge in [0.1, 0.15) is 0 Å². The fraction of sp³-hybridized carbons (Fsp3) is 0.846. The minimum Gasteiger partial charge on any atom is -0.338 e. The third kappa shape index (κ3) is 2.37. The first kappa shape index (κ1) is 11.2. The topological polar surface area (TPSA) is 51.0 Å². The Bertz CT molecular complexity index is 370. The van der Waals surface area contributed by atoms with Gasteiger partial charge in [-0.25, -0.2) is 0 Å². The van der Waals surface area contributed by atoms with E-state index in [4.69, 9.17) is 4.52 Å². The summed E-state index contributed by atoms with van der Waals surface area (Å²) >= 11 is 0. The summed E-state index contributed by atoms with van der Waals surface area (Å²) < 4.78 is 5.44. The number of nitrogens with one attached hydrogen (secondary N) is 1. The molecule has 2 aliphatic rings. The lowest BCUT2D eigenvalue weighted by molar-refractivity contribution is 0.259. The van der Waals surface area contributed by atoms with Gasteiger partial charge in [0.15, 0.2) is 5.82 Å². The van der Waals surface area contributed by atoms with E-state index in [9.17, 15) is 0 Å². The Morgan fingerprint density at radius 2 is 2.06 bits per heavy atom. The summed E-state index contributed by atoms with van der Waals surface area (Å²) in [6, 6.07) is 0.279. The second-order valence-corrected chi connectivity index (χ2v) is 5.61. The summed E-state index contributed by atoms with van der Waals surface area (Å²) in [7, 11) is 0.